The number of piperidine rings is 1. The van der Waals surface area contributed by atoms with Gasteiger partial charge in [-0.3, -0.25) is 4.90 Å². The second kappa shape index (κ2) is 8.98. The smallest absolute Gasteiger partial charge is 0.162 e. The first-order chi connectivity index (χ1) is 16.4. The predicted octanol–water partition coefficient (Wildman–Crippen LogP) is 4.54. The third-order valence-electron chi connectivity index (χ3n) is 7.07. The summed E-state index contributed by atoms with van der Waals surface area (Å²) in [5.74, 6) is 1.94. The molecule has 4 heterocycles. The topological polar surface area (TPSA) is 70.2 Å². The van der Waals surface area contributed by atoms with Crippen LogP contribution in [0.3, 0.4) is 0 Å². The van der Waals surface area contributed by atoms with Gasteiger partial charge in [-0.1, -0.05) is 42.8 Å². The molecule has 170 valence electrons. The first-order valence-corrected chi connectivity index (χ1v) is 12.1. The summed E-state index contributed by atoms with van der Waals surface area (Å²) in [5, 5.41) is 2.43. The molecule has 6 rings (SSSR count). The van der Waals surface area contributed by atoms with Crippen LogP contribution in [0.2, 0.25) is 0 Å². The molecule has 2 aromatic carbocycles. The highest BCUT2D eigenvalue weighted by molar-refractivity contribution is 5.89. The van der Waals surface area contributed by atoms with Gasteiger partial charge < -0.3 is 14.6 Å². The minimum atomic E-state index is 0.265. The number of nitrogens with one attached hydrogen (secondary N) is 1. The number of nitrogens with zero attached hydrogens (tertiary/aromatic N) is 5. The molecule has 0 amide bonds. The summed E-state index contributed by atoms with van der Waals surface area (Å²) in [6.45, 7) is 4.90. The highest BCUT2D eigenvalue weighted by Gasteiger charge is 2.29. The van der Waals surface area contributed by atoms with E-state index in [4.69, 9.17) is 4.74 Å². The summed E-state index contributed by atoms with van der Waals surface area (Å²) >= 11 is 0. The second-order valence-corrected chi connectivity index (χ2v) is 9.21. The summed E-state index contributed by atoms with van der Waals surface area (Å²) < 4.78 is 6.68. The van der Waals surface area contributed by atoms with Crippen molar-refractivity contribution in [1.29, 1.82) is 0 Å². The number of H-pyrrole nitrogens is 1. The minimum Gasteiger partial charge on any atom is -0.490 e. The largest absolute Gasteiger partial charge is 0.490 e. The minimum absolute atomic E-state index is 0.265. The Labute approximate surface area is 193 Å². The SMILES string of the molecule is c1ccc2c(OC[C@H]3CCCN3c3ncnc4[nH]cnc34)c(CN3CCCCC3)ccc2c1. The van der Waals surface area contributed by atoms with E-state index in [0.717, 1.165) is 48.7 Å². The lowest BCUT2D eigenvalue weighted by Crippen LogP contribution is -2.35. The van der Waals surface area contributed by atoms with Crippen molar-refractivity contribution < 1.29 is 4.74 Å². The molecule has 2 aliphatic heterocycles. The summed E-state index contributed by atoms with van der Waals surface area (Å²) in [7, 11) is 0. The first-order valence-electron chi connectivity index (χ1n) is 12.1. The molecular formula is C26H30N6O. The lowest BCUT2D eigenvalue weighted by atomic mass is 10.0. The van der Waals surface area contributed by atoms with Crippen molar-refractivity contribution in [2.45, 2.75) is 44.7 Å². The normalized spacial score (nSPS) is 19.5. The Hall–Kier alpha value is -3.19. The lowest BCUT2D eigenvalue weighted by Gasteiger charge is -2.29. The van der Waals surface area contributed by atoms with Crippen molar-refractivity contribution in [2.24, 2.45) is 0 Å². The van der Waals surface area contributed by atoms with Crippen LogP contribution in [-0.2, 0) is 6.54 Å². The molecule has 0 spiro atoms. The summed E-state index contributed by atoms with van der Waals surface area (Å²) in [5.41, 5.74) is 2.90. The van der Waals surface area contributed by atoms with E-state index < -0.39 is 0 Å². The standard InChI is InChI=1S/C26H30N6O/c1-4-12-31(13-5-1)15-20-11-10-19-7-2-3-9-22(19)24(20)33-16-21-8-6-14-32(21)26-23-25(28-17-27-23)29-18-30-26/h2-3,7,9-11,17-18,21H,1,4-6,8,12-16H2,(H,27,28,29,30)/t21-/m1/s1. The lowest BCUT2D eigenvalue weighted by molar-refractivity contribution is 0.215. The Balaban J connectivity index is 1.28. The number of ether oxygens (including phenoxy) is 1. The van der Waals surface area contributed by atoms with Gasteiger partial charge in [-0.25, -0.2) is 15.0 Å². The summed E-state index contributed by atoms with van der Waals surface area (Å²) in [6, 6.07) is 13.3. The molecule has 33 heavy (non-hydrogen) atoms. The molecule has 7 heteroatoms. The van der Waals surface area contributed by atoms with E-state index in [2.05, 4.69) is 66.1 Å². The van der Waals surface area contributed by atoms with Crippen molar-refractivity contribution in [2.75, 3.05) is 31.1 Å². The van der Waals surface area contributed by atoms with E-state index in [1.807, 2.05) is 0 Å². The number of fused-ring (bicyclic) bond motifs is 2. The van der Waals surface area contributed by atoms with Gasteiger partial charge in [0, 0.05) is 24.0 Å². The third kappa shape index (κ3) is 4.02. The second-order valence-electron chi connectivity index (χ2n) is 9.21. The first kappa shape index (κ1) is 20.4. The fourth-order valence-corrected chi connectivity index (χ4v) is 5.37. The van der Waals surface area contributed by atoms with Crippen LogP contribution < -0.4 is 9.64 Å². The summed E-state index contributed by atoms with van der Waals surface area (Å²) in [4.78, 5) is 21.4. The molecule has 2 saturated heterocycles. The van der Waals surface area contributed by atoms with Gasteiger partial charge >= 0.3 is 0 Å². The number of aromatic nitrogens is 4. The van der Waals surface area contributed by atoms with E-state index >= 15 is 0 Å². The van der Waals surface area contributed by atoms with Crippen molar-refractivity contribution in [3.63, 3.8) is 0 Å². The third-order valence-corrected chi connectivity index (χ3v) is 7.07. The van der Waals surface area contributed by atoms with Crippen LogP contribution in [0.25, 0.3) is 21.9 Å². The number of hydrogen-bond acceptors (Lipinski definition) is 6. The Morgan fingerprint density at radius 2 is 1.85 bits per heavy atom. The van der Waals surface area contributed by atoms with Gasteiger partial charge in [-0.05, 0) is 44.2 Å². The van der Waals surface area contributed by atoms with Crippen LogP contribution in [0.5, 0.6) is 5.75 Å². The maximum atomic E-state index is 6.68. The van der Waals surface area contributed by atoms with Crippen LogP contribution in [0.15, 0.2) is 49.1 Å². The number of benzene rings is 2. The van der Waals surface area contributed by atoms with E-state index in [9.17, 15) is 0 Å². The number of anilines is 1. The van der Waals surface area contributed by atoms with Crippen LogP contribution >= 0.6 is 0 Å². The Morgan fingerprint density at radius 3 is 2.79 bits per heavy atom. The van der Waals surface area contributed by atoms with Crippen molar-refractivity contribution in [1.82, 2.24) is 24.8 Å². The van der Waals surface area contributed by atoms with Crippen LogP contribution in [0.4, 0.5) is 5.82 Å². The summed E-state index contributed by atoms with van der Waals surface area (Å²) in [6.07, 6.45) is 9.45. The average Bonchev–Trinajstić information content (AvgIpc) is 3.53. The molecule has 2 fully saturated rings. The molecule has 2 aliphatic rings. The van der Waals surface area contributed by atoms with Gasteiger partial charge in [0.05, 0.1) is 12.4 Å². The zero-order chi connectivity index (χ0) is 22.0. The molecule has 0 bridgehead atoms. The molecule has 0 unspecified atom stereocenters. The fourth-order valence-electron chi connectivity index (χ4n) is 5.37. The molecule has 2 aromatic heterocycles. The van der Waals surface area contributed by atoms with Gasteiger partial charge in [-0.15, -0.1) is 0 Å². The van der Waals surface area contributed by atoms with Crippen LogP contribution in [0.1, 0.15) is 37.7 Å². The highest BCUT2D eigenvalue weighted by Crippen LogP contribution is 2.33. The van der Waals surface area contributed by atoms with Gasteiger partial charge in [0.25, 0.3) is 0 Å². The quantitative estimate of drug-likeness (QED) is 0.473. The highest BCUT2D eigenvalue weighted by atomic mass is 16.5. The zero-order valence-corrected chi connectivity index (χ0v) is 18.9. The molecular weight excluding hydrogens is 412 g/mol. The Bertz CT molecular complexity index is 1250. The molecule has 1 N–H and O–H groups in total. The number of rotatable bonds is 6. The molecule has 4 aromatic rings. The van der Waals surface area contributed by atoms with Crippen LogP contribution in [-0.4, -0.2) is 57.1 Å². The van der Waals surface area contributed by atoms with E-state index in [1.165, 1.54) is 48.7 Å². The molecule has 1 atom stereocenters. The van der Waals surface area contributed by atoms with Crippen molar-refractivity contribution >= 4 is 27.8 Å². The maximum Gasteiger partial charge on any atom is 0.162 e. The van der Waals surface area contributed by atoms with E-state index in [-0.39, 0.29) is 6.04 Å². The Morgan fingerprint density at radius 1 is 0.939 bits per heavy atom. The Kier molecular flexibility index (Phi) is 5.56. The number of imidazole rings is 1. The van der Waals surface area contributed by atoms with Gasteiger partial charge in [-0.2, -0.15) is 0 Å². The number of hydrogen-bond donors (Lipinski definition) is 1. The van der Waals surface area contributed by atoms with E-state index in [0.29, 0.717) is 6.61 Å². The molecule has 0 saturated carbocycles. The maximum absolute atomic E-state index is 6.68. The predicted molar refractivity (Wildman–Crippen MR) is 131 cm³/mol. The van der Waals surface area contributed by atoms with Crippen molar-refractivity contribution in [3.05, 3.63) is 54.6 Å². The average molecular weight is 443 g/mol. The van der Waals surface area contributed by atoms with Crippen molar-refractivity contribution in [3.8, 4) is 5.75 Å². The fraction of sp³-hybridized carbons (Fsp3) is 0.423. The monoisotopic (exact) mass is 442 g/mol. The molecule has 0 aliphatic carbocycles. The van der Waals surface area contributed by atoms with Gasteiger partial charge in [0.2, 0.25) is 0 Å². The van der Waals surface area contributed by atoms with Gasteiger partial charge in [0.15, 0.2) is 11.5 Å². The van der Waals surface area contributed by atoms with Gasteiger partial charge in [0.1, 0.15) is 24.2 Å². The van der Waals surface area contributed by atoms with Crippen LogP contribution in [0, 0.1) is 0 Å². The zero-order valence-electron chi connectivity index (χ0n) is 18.9. The number of aromatic amines is 1. The molecule has 0 radical (unpaired) electrons. The van der Waals surface area contributed by atoms with E-state index in [1.54, 1.807) is 12.7 Å². The number of likely N-dealkylation sites (tertiary alicyclic amines) is 1. The molecule has 7 nitrogen and oxygen atoms in total.